The van der Waals surface area contributed by atoms with Gasteiger partial charge in [0.15, 0.2) is 5.78 Å². The second-order valence-electron chi connectivity index (χ2n) is 4.23. The number of hydrogen-bond donors (Lipinski definition) is 1. The Morgan fingerprint density at radius 3 is 2.47 bits per heavy atom. The van der Waals surface area contributed by atoms with E-state index in [4.69, 9.17) is 5.11 Å². The first kappa shape index (κ1) is 13.5. The Bertz CT molecular complexity index is 420. The largest absolute Gasteiger partial charge is 0.477 e. The molecule has 1 aromatic rings. The Kier molecular flexibility index (Phi) is 4.49. The molecule has 1 aromatic heterocycles. The Balaban J connectivity index is 3.19. The molecule has 1 N–H and O–H groups in total. The van der Waals surface area contributed by atoms with Crippen molar-refractivity contribution in [1.82, 2.24) is 4.57 Å². The normalized spacial score (nSPS) is 12.4. The molecule has 0 saturated heterocycles. The van der Waals surface area contributed by atoms with Crippen LogP contribution in [0.15, 0.2) is 12.3 Å². The quantitative estimate of drug-likeness (QED) is 0.773. The molecule has 0 radical (unpaired) electrons. The zero-order valence-corrected chi connectivity index (χ0v) is 10.6. The molecule has 0 spiro atoms. The molecular formula is C13H19NO3. The number of rotatable bonds is 6. The van der Waals surface area contributed by atoms with Crippen molar-refractivity contribution in [2.45, 2.75) is 46.1 Å². The van der Waals surface area contributed by atoms with Gasteiger partial charge in [-0.3, -0.25) is 4.79 Å². The van der Waals surface area contributed by atoms with E-state index in [0.29, 0.717) is 5.56 Å². The standard InChI is InChI=1S/C13H19NO3/c1-4-6-11(5-2)14-8-10(9(3)15)7-12(14)13(16)17/h7-8,11H,4-6H2,1-3H3,(H,16,17). The van der Waals surface area contributed by atoms with E-state index in [0.717, 1.165) is 19.3 Å². The summed E-state index contributed by atoms with van der Waals surface area (Å²) in [4.78, 5) is 22.4. The zero-order valence-electron chi connectivity index (χ0n) is 10.6. The van der Waals surface area contributed by atoms with Gasteiger partial charge in [0.25, 0.3) is 0 Å². The van der Waals surface area contributed by atoms with Gasteiger partial charge in [-0.1, -0.05) is 20.3 Å². The van der Waals surface area contributed by atoms with Crippen LogP contribution in [0.25, 0.3) is 0 Å². The fraction of sp³-hybridized carbons (Fsp3) is 0.538. The number of carbonyl (C=O) groups is 2. The van der Waals surface area contributed by atoms with Crippen molar-refractivity contribution < 1.29 is 14.7 Å². The van der Waals surface area contributed by atoms with Gasteiger partial charge < -0.3 is 9.67 Å². The van der Waals surface area contributed by atoms with Crippen LogP contribution in [0.4, 0.5) is 0 Å². The third-order valence-corrected chi connectivity index (χ3v) is 2.96. The van der Waals surface area contributed by atoms with Crippen molar-refractivity contribution in [3.63, 3.8) is 0 Å². The first-order valence-electron chi connectivity index (χ1n) is 5.97. The van der Waals surface area contributed by atoms with E-state index < -0.39 is 5.97 Å². The molecule has 0 saturated carbocycles. The summed E-state index contributed by atoms with van der Waals surface area (Å²) in [7, 11) is 0. The van der Waals surface area contributed by atoms with Crippen molar-refractivity contribution in [3.8, 4) is 0 Å². The molecule has 17 heavy (non-hydrogen) atoms. The maximum Gasteiger partial charge on any atom is 0.352 e. The topological polar surface area (TPSA) is 59.3 Å². The summed E-state index contributed by atoms with van der Waals surface area (Å²) in [6.07, 6.45) is 4.43. The summed E-state index contributed by atoms with van der Waals surface area (Å²) >= 11 is 0. The Labute approximate surface area is 101 Å². The van der Waals surface area contributed by atoms with Crippen LogP contribution < -0.4 is 0 Å². The van der Waals surface area contributed by atoms with Crippen LogP contribution in [0.3, 0.4) is 0 Å². The summed E-state index contributed by atoms with van der Waals surface area (Å²) in [5, 5.41) is 9.14. The number of carboxylic acids is 1. The van der Waals surface area contributed by atoms with E-state index in [2.05, 4.69) is 6.92 Å². The summed E-state index contributed by atoms with van der Waals surface area (Å²) in [6, 6.07) is 1.61. The van der Waals surface area contributed by atoms with Crippen molar-refractivity contribution in [2.24, 2.45) is 0 Å². The third kappa shape index (κ3) is 2.96. The van der Waals surface area contributed by atoms with E-state index in [1.807, 2.05) is 6.92 Å². The van der Waals surface area contributed by atoms with Gasteiger partial charge in [0, 0.05) is 17.8 Å². The fourth-order valence-electron chi connectivity index (χ4n) is 2.02. The summed E-state index contributed by atoms with van der Waals surface area (Å²) in [5.41, 5.74) is 0.674. The van der Waals surface area contributed by atoms with Crippen molar-refractivity contribution >= 4 is 11.8 Å². The average Bonchev–Trinajstić information content (AvgIpc) is 2.70. The van der Waals surface area contributed by atoms with Gasteiger partial charge in [0.1, 0.15) is 5.69 Å². The SMILES string of the molecule is CCCC(CC)n1cc(C(C)=O)cc1C(=O)O. The molecule has 94 valence electrons. The number of nitrogens with zero attached hydrogens (tertiary/aromatic N) is 1. The van der Waals surface area contributed by atoms with Gasteiger partial charge >= 0.3 is 5.97 Å². The van der Waals surface area contributed by atoms with E-state index in [1.54, 1.807) is 10.8 Å². The van der Waals surface area contributed by atoms with E-state index >= 15 is 0 Å². The minimum absolute atomic E-state index is 0.0994. The van der Waals surface area contributed by atoms with Gasteiger partial charge in [-0.25, -0.2) is 4.79 Å². The lowest BCUT2D eigenvalue weighted by atomic mass is 10.1. The molecule has 0 fully saturated rings. The van der Waals surface area contributed by atoms with Crippen LogP contribution in [-0.4, -0.2) is 21.4 Å². The molecule has 0 amide bonds. The molecule has 0 bridgehead atoms. The molecule has 1 atom stereocenters. The number of aromatic nitrogens is 1. The predicted molar refractivity (Wildman–Crippen MR) is 65.6 cm³/mol. The Morgan fingerprint density at radius 1 is 1.41 bits per heavy atom. The number of carbonyl (C=O) groups excluding carboxylic acids is 1. The van der Waals surface area contributed by atoms with Gasteiger partial charge in [0.2, 0.25) is 0 Å². The molecule has 0 aromatic carbocycles. The van der Waals surface area contributed by atoms with Gasteiger partial charge in [-0.2, -0.15) is 0 Å². The van der Waals surface area contributed by atoms with Crippen LogP contribution in [0.1, 0.15) is 66.9 Å². The smallest absolute Gasteiger partial charge is 0.352 e. The summed E-state index contributed by atoms with van der Waals surface area (Å²) in [6.45, 7) is 5.55. The number of ketones is 1. The van der Waals surface area contributed by atoms with Crippen molar-refractivity contribution in [2.75, 3.05) is 0 Å². The summed E-state index contributed by atoms with van der Waals surface area (Å²) < 4.78 is 1.72. The maximum absolute atomic E-state index is 11.3. The van der Waals surface area contributed by atoms with Crippen molar-refractivity contribution in [1.29, 1.82) is 0 Å². The highest BCUT2D eigenvalue weighted by Crippen LogP contribution is 2.23. The van der Waals surface area contributed by atoms with Gasteiger partial charge in [-0.05, 0) is 25.8 Å². The van der Waals surface area contributed by atoms with E-state index in [1.165, 1.54) is 13.0 Å². The van der Waals surface area contributed by atoms with Crippen LogP contribution in [-0.2, 0) is 0 Å². The van der Waals surface area contributed by atoms with E-state index in [-0.39, 0.29) is 17.5 Å². The Morgan fingerprint density at radius 2 is 2.06 bits per heavy atom. The molecule has 0 aliphatic rings. The Hall–Kier alpha value is -1.58. The van der Waals surface area contributed by atoms with Gasteiger partial charge in [-0.15, -0.1) is 0 Å². The number of aromatic carboxylic acids is 1. The highest BCUT2D eigenvalue weighted by molar-refractivity contribution is 5.97. The first-order chi connectivity index (χ1) is 8.01. The lowest BCUT2D eigenvalue weighted by Crippen LogP contribution is -2.13. The molecule has 1 heterocycles. The minimum Gasteiger partial charge on any atom is -0.477 e. The molecule has 0 aliphatic heterocycles. The maximum atomic E-state index is 11.3. The van der Waals surface area contributed by atoms with Crippen LogP contribution in [0.5, 0.6) is 0 Å². The third-order valence-electron chi connectivity index (χ3n) is 2.96. The predicted octanol–water partition coefficient (Wildman–Crippen LogP) is 3.14. The fourth-order valence-corrected chi connectivity index (χ4v) is 2.02. The highest BCUT2D eigenvalue weighted by atomic mass is 16.4. The number of carboxylic acid groups (broad SMARTS) is 1. The first-order valence-corrected chi connectivity index (χ1v) is 5.97. The van der Waals surface area contributed by atoms with Crippen LogP contribution in [0.2, 0.25) is 0 Å². The van der Waals surface area contributed by atoms with Crippen molar-refractivity contribution in [3.05, 3.63) is 23.5 Å². The lowest BCUT2D eigenvalue weighted by Gasteiger charge is -2.18. The highest BCUT2D eigenvalue weighted by Gasteiger charge is 2.19. The summed E-state index contributed by atoms with van der Waals surface area (Å²) in [5.74, 6) is -1.08. The van der Waals surface area contributed by atoms with Crippen LogP contribution in [0, 0.1) is 0 Å². The molecule has 1 unspecified atom stereocenters. The molecule has 1 rings (SSSR count). The number of hydrogen-bond acceptors (Lipinski definition) is 2. The molecule has 0 aliphatic carbocycles. The second kappa shape index (κ2) is 5.66. The number of Topliss-reactive ketones (excluding diaryl/α,β-unsaturated/α-hetero) is 1. The second-order valence-corrected chi connectivity index (χ2v) is 4.23. The zero-order chi connectivity index (χ0) is 13.0. The monoisotopic (exact) mass is 237 g/mol. The molecular weight excluding hydrogens is 218 g/mol. The minimum atomic E-state index is -0.980. The molecule has 4 heteroatoms. The molecule has 4 nitrogen and oxygen atoms in total. The van der Waals surface area contributed by atoms with Crippen LogP contribution >= 0.6 is 0 Å². The average molecular weight is 237 g/mol. The van der Waals surface area contributed by atoms with E-state index in [9.17, 15) is 9.59 Å². The van der Waals surface area contributed by atoms with Gasteiger partial charge in [0.05, 0.1) is 0 Å². The lowest BCUT2D eigenvalue weighted by molar-refractivity contribution is 0.0682.